The van der Waals surface area contributed by atoms with Gasteiger partial charge in [-0.3, -0.25) is 4.79 Å². The van der Waals surface area contributed by atoms with Gasteiger partial charge >= 0.3 is 0 Å². The third kappa shape index (κ3) is 3.41. The fourth-order valence-electron chi connectivity index (χ4n) is 1.30. The van der Waals surface area contributed by atoms with Gasteiger partial charge in [0.05, 0.1) is 16.5 Å². The maximum Gasteiger partial charge on any atom is 0.207 e. The quantitative estimate of drug-likeness (QED) is 0.935. The number of rotatable bonds is 4. The van der Waals surface area contributed by atoms with Crippen LogP contribution in [-0.4, -0.2) is 15.1 Å². The van der Waals surface area contributed by atoms with Crippen LogP contribution in [0.4, 0.5) is 10.8 Å². The smallest absolute Gasteiger partial charge is 0.207 e. The van der Waals surface area contributed by atoms with Crippen LogP contribution in [0.5, 0.6) is 0 Å². The zero-order valence-electron chi connectivity index (χ0n) is 9.41. The van der Waals surface area contributed by atoms with Gasteiger partial charge in [0.25, 0.3) is 0 Å². The molecule has 1 aromatic carbocycles. The molecule has 0 aliphatic heterocycles. The molecule has 0 amide bonds. The zero-order chi connectivity index (χ0) is 13.1. The number of carbonyl (C=O) groups is 1. The minimum atomic E-state index is 0.0360. The number of aromatic nitrogens is 2. The van der Waals surface area contributed by atoms with Crippen molar-refractivity contribution < 1.29 is 4.79 Å². The maximum absolute atomic E-state index is 10.9. The van der Waals surface area contributed by atoms with Gasteiger partial charge in [0, 0.05) is 17.2 Å². The zero-order valence-corrected chi connectivity index (χ0v) is 11.7. The average molecular weight is 302 g/mol. The fraction of sp³-hybridized carbons (Fsp3) is 0.182. The van der Waals surface area contributed by atoms with Crippen LogP contribution < -0.4 is 5.32 Å². The van der Waals surface area contributed by atoms with Crippen LogP contribution in [0.3, 0.4) is 0 Å². The normalized spacial score (nSPS) is 10.4. The summed E-state index contributed by atoms with van der Waals surface area (Å²) in [4.78, 5) is 15.1. The summed E-state index contributed by atoms with van der Waals surface area (Å²) in [6.45, 7) is 1.51. The van der Waals surface area contributed by atoms with E-state index in [1.807, 2.05) is 0 Å². The van der Waals surface area contributed by atoms with Crippen LogP contribution in [0, 0.1) is 0 Å². The van der Waals surface area contributed by atoms with Crippen LogP contribution in [0.15, 0.2) is 18.2 Å². The number of nitrogens with zero attached hydrogens (tertiary/aromatic N) is 2. The predicted octanol–water partition coefficient (Wildman–Crippen LogP) is 3.72. The second-order valence-corrected chi connectivity index (χ2v) is 5.21. The highest BCUT2D eigenvalue weighted by Crippen LogP contribution is 2.27. The van der Waals surface area contributed by atoms with Gasteiger partial charge < -0.3 is 5.32 Å². The van der Waals surface area contributed by atoms with Crippen molar-refractivity contribution in [3.63, 3.8) is 0 Å². The minimum Gasteiger partial charge on any atom is -0.330 e. The van der Waals surface area contributed by atoms with E-state index < -0.39 is 0 Å². The molecule has 18 heavy (non-hydrogen) atoms. The average Bonchev–Trinajstić information content (AvgIpc) is 2.70. The van der Waals surface area contributed by atoms with Crippen molar-refractivity contribution >= 4 is 51.3 Å². The molecule has 0 aliphatic carbocycles. The van der Waals surface area contributed by atoms with Crippen LogP contribution in [0.2, 0.25) is 10.0 Å². The molecule has 0 saturated heterocycles. The largest absolute Gasteiger partial charge is 0.330 e. The molecule has 0 atom stereocenters. The molecule has 0 fully saturated rings. The Hall–Kier alpha value is -1.17. The molecule has 7 heteroatoms. The van der Waals surface area contributed by atoms with Crippen molar-refractivity contribution in [3.8, 4) is 0 Å². The molecule has 1 N–H and O–H groups in total. The molecule has 2 rings (SSSR count). The Labute approximate surface area is 118 Å². The lowest BCUT2D eigenvalue weighted by atomic mass is 10.3. The van der Waals surface area contributed by atoms with Gasteiger partial charge in [-0.25, -0.2) is 4.98 Å². The lowest BCUT2D eigenvalue weighted by Gasteiger charge is -2.03. The molecule has 0 spiro atoms. The van der Waals surface area contributed by atoms with Crippen molar-refractivity contribution in [2.75, 3.05) is 5.32 Å². The minimum absolute atomic E-state index is 0.0360. The summed E-state index contributed by atoms with van der Waals surface area (Å²) in [7, 11) is 0. The summed E-state index contributed by atoms with van der Waals surface area (Å²) >= 11 is 12.9. The van der Waals surface area contributed by atoms with E-state index in [0.717, 1.165) is 5.69 Å². The number of anilines is 2. The number of ketones is 1. The third-order valence-corrected chi connectivity index (χ3v) is 3.45. The van der Waals surface area contributed by atoms with Crippen LogP contribution >= 0.6 is 34.7 Å². The summed E-state index contributed by atoms with van der Waals surface area (Å²) in [5.74, 6) is 0.559. The van der Waals surface area contributed by atoms with Gasteiger partial charge in [0.1, 0.15) is 5.78 Å². The Morgan fingerprint density at radius 2 is 2.17 bits per heavy atom. The predicted molar refractivity (Wildman–Crippen MR) is 74.0 cm³/mol. The Bertz CT molecular complexity index is 585. The maximum atomic E-state index is 10.9. The van der Waals surface area contributed by atoms with Crippen molar-refractivity contribution in [2.45, 2.75) is 13.3 Å². The Kier molecular flexibility index (Phi) is 4.16. The molecular formula is C11H9Cl2N3OS. The van der Waals surface area contributed by atoms with Crippen molar-refractivity contribution in [1.29, 1.82) is 0 Å². The van der Waals surface area contributed by atoms with E-state index in [1.165, 1.54) is 18.5 Å². The molecule has 0 aliphatic rings. The third-order valence-electron chi connectivity index (χ3n) is 2.05. The molecule has 1 aromatic heterocycles. The lowest BCUT2D eigenvalue weighted by molar-refractivity contribution is -0.116. The number of benzene rings is 1. The number of carbonyl (C=O) groups excluding carboxylic acids is 1. The van der Waals surface area contributed by atoms with Crippen LogP contribution in [0.1, 0.15) is 12.7 Å². The van der Waals surface area contributed by atoms with E-state index in [1.54, 1.807) is 18.2 Å². The number of hydrogen-bond acceptors (Lipinski definition) is 5. The van der Waals surface area contributed by atoms with E-state index in [-0.39, 0.29) is 12.2 Å². The first kappa shape index (κ1) is 13.3. The van der Waals surface area contributed by atoms with E-state index in [9.17, 15) is 4.79 Å². The van der Waals surface area contributed by atoms with Crippen LogP contribution in [-0.2, 0) is 11.2 Å². The SMILES string of the molecule is CC(=O)Cc1nsc(Nc2ccc(Cl)c(Cl)c2)n1. The highest BCUT2D eigenvalue weighted by Gasteiger charge is 2.07. The van der Waals surface area contributed by atoms with Gasteiger partial charge in [-0.05, 0) is 25.1 Å². The topological polar surface area (TPSA) is 54.9 Å². The molecule has 0 radical (unpaired) electrons. The second-order valence-electron chi connectivity index (χ2n) is 3.65. The standard InChI is InChI=1S/C11H9Cl2N3OS/c1-6(17)4-10-15-11(18-16-10)14-7-2-3-8(12)9(13)5-7/h2-3,5H,4H2,1H3,(H,14,15,16). The molecule has 0 unspecified atom stereocenters. The van der Waals surface area contributed by atoms with Crippen molar-refractivity contribution in [2.24, 2.45) is 0 Å². The van der Waals surface area contributed by atoms with E-state index in [4.69, 9.17) is 23.2 Å². The summed E-state index contributed by atoms with van der Waals surface area (Å²) < 4.78 is 4.08. The number of nitrogens with one attached hydrogen (secondary N) is 1. The van der Waals surface area contributed by atoms with Gasteiger partial charge in [0.2, 0.25) is 5.13 Å². The van der Waals surface area contributed by atoms with Crippen molar-refractivity contribution in [1.82, 2.24) is 9.36 Å². The highest BCUT2D eigenvalue weighted by molar-refractivity contribution is 7.09. The van der Waals surface area contributed by atoms with E-state index in [2.05, 4.69) is 14.7 Å². The second kappa shape index (κ2) is 5.65. The van der Waals surface area contributed by atoms with E-state index >= 15 is 0 Å². The first-order valence-corrected chi connectivity index (χ1v) is 6.61. The summed E-state index contributed by atoms with van der Waals surface area (Å²) in [5.41, 5.74) is 0.773. The molecule has 1 heterocycles. The van der Waals surface area contributed by atoms with Crippen molar-refractivity contribution in [3.05, 3.63) is 34.1 Å². The van der Waals surface area contributed by atoms with E-state index in [0.29, 0.717) is 21.0 Å². The first-order valence-electron chi connectivity index (χ1n) is 5.08. The molecular weight excluding hydrogens is 293 g/mol. The van der Waals surface area contributed by atoms with Gasteiger partial charge in [0.15, 0.2) is 5.82 Å². The summed E-state index contributed by atoms with van der Waals surface area (Å²) in [5, 5.41) is 4.64. The summed E-state index contributed by atoms with van der Waals surface area (Å²) in [6.07, 6.45) is 0.250. The molecule has 2 aromatic rings. The van der Waals surface area contributed by atoms with Gasteiger partial charge in [-0.1, -0.05) is 23.2 Å². The van der Waals surface area contributed by atoms with Gasteiger partial charge in [-0.2, -0.15) is 4.37 Å². The van der Waals surface area contributed by atoms with Crippen LogP contribution in [0.25, 0.3) is 0 Å². The number of hydrogen-bond donors (Lipinski definition) is 1. The monoisotopic (exact) mass is 301 g/mol. The highest BCUT2D eigenvalue weighted by atomic mass is 35.5. The summed E-state index contributed by atoms with van der Waals surface area (Å²) in [6, 6.07) is 5.19. The molecule has 0 bridgehead atoms. The number of halogens is 2. The molecule has 4 nitrogen and oxygen atoms in total. The Morgan fingerprint density at radius 3 is 2.83 bits per heavy atom. The lowest BCUT2D eigenvalue weighted by Crippen LogP contribution is -1.98. The molecule has 0 saturated carbocycles. The number of Topliss-reactive ketones (excluding diaryl/α,β-unsaturated/α-hetero) is 1. The Balaban J connectivity index is 2.11. The molecule has 94 valence electrons. The first-order chi connectivity index (χ1) is 8.54. The fourth-order valence-corrected chi connectivity index (χ4v) is 2.20. The Morgan fingerprint density at radius 1 is 1.39 bits per heavy atom. The van der Waals surface area contributed by atoms with Gasteiger partial charge in [-0.15, -0.1) is 0 Å².